The van der Waals surface area contributed by atoms with E-state index in [2.05, 4.69) is 0 Å². The zero-order chi connectivity index (χ0) is 11.4. The van der Waals surface area contributed by atoms with Crippen LogP contribution in [0, 0.1) is 3.57 Å². The molecule has 0 saturated carbocycles. The van der Waals surface area contributed by atoms with Gasteiger partial charge in [-0.15, -0.1) is 0 Å². The summed E-state index contributed by atoms with van der Waals surface area (Å²) in [5.41, 5.74) is 0.531. The minimum atomic E-state index is -0.0523. The minimum Gasteiger partial charge on any atom is -0.507 e. The van der Waals surface area contributed by atoms with Gasteiger partial charge in [-0.3, -0.25) is 4.79 Å². The van der Waals surface area contributed by atoms with Gasteiger partial charge in [-0.25, -0.2) is 0 Å². The number of aromatic hydroxyl groups is 1. The Kier molecular flexibility index (Phi) is 4.38. The molecule has 0 aliphatic carbocycles. The molecule has 0 aromatic heterocycles. The van der Waals surface area contributed by atoms with Crippen molar-refractivity contribution >= 4 is 28.5 Å². The van der Waals surface area contributed by atoms with Gasteiger partial charge in [0.05, 0.1) is 3.57 Å². The van der Waals surface area contributed by atoms with E-state index in [0.717, 1.165) is 16.5 Å². The number of carbonyl (C=O) groups excluding carboxylic acids is 1. The molecule has 1 N–H and O–H groups in total. The highest BCUT2D eigenvalue weighted by molar-refractivity contribution is 14.1. The number of carbonyl (C=O) groups is 1. The monoisotopic (exact) mass is 319 g/mol. The van der Waals surface area contributed by atoms with Gasteiger partial charge in [0.2, 0.25) is 0 Å². The summed E-state index contributed by atoms with van der Waals surface area (Å²) in [7, 11) is 1.76. The summed E-state index contributed by atoms with van der Waals surface area (Å²) in [6.07, 6.45) is 0.929. The molecule has 1 amide bonds. The second-order valence-corrected chi connectivity index (χ2v) is 4.56. The lowest BCUT2D eigenvalue weighted by molar-refractivity contribution is 0.0794. The molecule has 0 fully saturated rings. The van der Waals surface area contributed by atoms with Crippen molar-refractivity contribution < 1.29 is 9.90 Å². The second-order valence-electron chi connectivity index (χ2n) is 3.39. The summed E-state index contributed by atoms with van der Waals surface area (Å²) >= 11 is 2.02. The quantitative estimate of drug-likeness (QED) is 0.870. The zero-order valence-electron chi connectivity index (χ0n) is 8.83. The lowest BCUT2D eigenvalue weighted by Gasteiger charge is -2.16. The lowest BCUT2D eigenvalue weighted by atomic mass is 10.2. The number of nitrogens with zero attached hydrogens (tertiary/aromatic N) is 1. The Labute approximate surface area is 103 Å². The molecule has 0 heterocycles. The molecule has 0 aliphatic heterocycles. The van der Waals surface area contributed by atoms with Crippen molar-refractivity contribution in [2.45, 2.75) is 13.3 Å². The van der Waals surface area contributed by atoms with Crippen molar-refractivity contribution in [3.05, 3.63) is 27.3 Å². The van der Waals surface area contributed by atoms with E-state index in [0.29, 0.717) is 5.56 Å². The Morgan fingerprint density at radius 2 is 2.20 bits per heavy atom. The number of phenolic OH excluding ortho intramolecular Hbond substituents is 1. The number of rotatable bonds is 3. The Balaban J connectivity index is 2.87. The molecule has 3 nitrogen and oxygen atoms in total. The van der Waals surface area contributed by atoms with Crippen LogP contribution in [0.3, 0.4) is 0 Å². The van der Waals surface area contributed by atoms with Crippen molar-refractivity contribution in [3.63, 3.8) is 0 Å². The van der Waals surface area contributed by atoms with Crippen LogP contribution in [0.5, 0.6) is 5.75 Å². The van der Waals surface area contributed by atoms with E-state index in [1.165, 1.54) is 6.07 Å². The fourth-order valence-corrected chi connectivity index (χ4v) is 1.64. The normalized spacial score (nSPS) is 10.1. The third kappa shape index (κ3) is 3.09. The van der Waals surface area contributed by atoms with E-state index in [-0.39, 0.29) is 11.7 Å². The summed E-state index contributed by atoms with van der Waals surface area (Å²) in [6, 6.07) is 4.98. The molecule has 4 heteroatoms. The molecular weight excluding hydrogens is 305 g/mol. The minimum absolute atomic E-state index is 0.0523. The highest BCUT2D eigenvalue weighted by atomic mass is 127. The van der Waals surface area contributed by atoms with Crippen molar-refractivity contribution in [1.82, 2.24) is 4.90 Å². The first-order valence-corrected chi connectivity index (χ1v) is 5.88. The Hall–Kier alpha value is -0.780. The van der Waals surface area contributed by atoms with Crippen LogP contribution in [0.2, 0.25) is 0 Å². The first-order valence-electron chi connectivity index (χ1n) is 4.80. The number of halogens is 1. The molecule has 0 spiro atoms. The maximum atomic E-state index is 11.8. The molecule has 0 saturated heterocycles. The van der Waals surface area contributed by atoms with Crippen LogP contribution >= 0.6 is 22.6 Å². The number of hydrogen-bond donors (Lipinski definition) is 1. The summed E-state index contributed by atoms with van der Waals surface area (Å²) in [5, 5.41) is 9.48. The Bertz CT molecular complexity index is 366. The number of hydrogen-bond acceptors (Lipinski definition) is 2. The topological polar surface area (TPSA) is 40.5 Å². The van der Waals surface area contributed by atoms with Crippen LogP contribution in [0.25, 0.3) is 0 Å². The molecule has 1 aromatic rings. The van der Waals surface area contributed by atoms with Crippen molar-refractivity contribution in [2.24, 2.45) is 0 Å². The molecule has 82 valence electrons. The van der Waals surface area contributed by atoms with Gasteiger partial charge in [0.15, 0.2) is 0 Å². The number of phenols is 1. The highest BCUT2D eigenvalue weighted by Gasteiger charge is 2.11. The standard InChI is InChI=1S/C11H14INO2/c1-3-6-13(2)11(15)8-4-5-9(12)10(14)7-8/h4-5,7,14H,3,6H2,1-2H3. The van der Waals surface area contributed by atoms with Gasteiger partial charge in [0, 0.05) is 19.2 Å². The first kappa shape index (κ1) is 12.3. The third-order valence-corrected chi connectivity index (χ3v) is 3.01. The molecule has 0 bridgehead atoms. The largest absolute Gasteiger partial charge is 0.507 e. The van der Waals surface area contributed by atoms with Gasteiger partial charge in [0.25, 0.3) is 5.91 Å². The van der Waals surface area contributed by atoms with E-state index in [9.17, 15) is 9.90 Å². The summed E-state index contributed by atoms with van der Waals surface area (Å²) < 4.78 is 0.752. The molecule has 0 radical (unpaired) electrons. The fourth-order valence-electron chi connectivity index (χ4n) is 1.30. The van der Waals surface area contributed by atoms with Crippen LogP contribution in [-0.4, -0.2) is 29.5 Å². The predicted octanol–water partition coefficient (Wildman–Crippen LogP) is 2.48. The van der Waals surface area contributed by atoms with Crippen molar-refractivity contribution in [2.75, 3.05) is 13.6 Å². The lowest BCUT2D eigenvalue weighted by Crippen LogP contribution is -2.27. The van der Waals surface area contributed by atoms with Gasteiger partial charge >= 0.3 is 0 Å². The van der Waals surface area contributed by atoms with Crippen LogP contribution < -0.4 is 0 Å². The summed E-state index contributed by atoms with van der Waals surface area (Å²) in [5.74, 6) is 0.106. The second kappa shape index (κ2) is 5.34. The average molecular weight is 319 g/mol. The van der Waals surface area contributed by atoms with E-state index >= 15 is 0 Å². The van der Waals surface area contributed by atoms with E-state index < -0.39 is 0 Å². The molecule has 0 aliphatic rings. The van der Waals surface area contributed by atoms with Gasteiger partial charge in [-0.1, -0.05) is 6.92 Å². The van der Waals surface area contributed by atoms with Crippen molar-refractivity contribution in [1.29, 1.82) is 0 Å². The molecule has 1 aromatic carbocycles. The smallest absolute Gasteiger partial charge is 0.253 e. The molecular formula is C11H14INO2. The summed E-state index contributed by atoms with van der Waals surface area (Å²) in [4.78, 5) is 13.5. The Morgan fingerprint density at radius 1 is 1.53 bits per heavy atom. The number of amides is 1. The van der Waals surface area contributed by atoms with E-state index in [1.54, 1.807) is 24.1 Å². The highest BCUT2D eigenvalue weighted by Crippen LogP contribution is 2.21. The van der Waals surface area contributed by atoms with Gasteiger partial charge in [-0.05, 0) is 47.2 Å². The van der Waals surface area contributed by atoms with Crippen LogP contribution in [0.1, 0.15) is 23.7 Å². The average Bonchev–Trinajstić information content (AvgIpc) is 2.21. The van der Waals surface area contributed by atoms with Crippen LogP contribution in [0.4, 0.5) is 0 Å². The molecule has 0 unspecified atom stereocenters. The van der Waals surface area contributed by atoms with Crippen LogP contribution in [0.15, 0.2) is 18.2 Å². The molecule has 1 rings (SSSR count). The van der Waals surface area contributed by atoms with Gasteiger partial charge in [-0.2, -0.15) is 0 Å². The molecule has 0 atom stereocenters. The first-order chi connectivity index (χ1) is 7.06. The summed E-state index contributed by atoms with van der Waals surface area (Å²) in [6.45, 7) is 2.75. The van der Waals surface area contributed by atoms with E-state index in [4.69, 9.17) is 0 Å². The fraction of sp³-hybridized carbons (Fsp3) is 0.364. The van der Waals surface area contributed by atoms with E-state index in [1.807, 2.05) is 29.5 Å². The van der Waals surface area contributed by atoms with Gasteiger partial charge < -0.3 is 10.0 Å². The van der Waals surface area contributed by atoms with Crippen molar-refractivity contribution in [3.8, 4) is 5.75 Å². The van der Waals surface area contributed by atoms with Crippen LogP contribution in [-0.2, 0) is 0 Å². The maximum Gasteiger partial charge on any atom is 0.253 e. The zero-order valence-corrected chi connectivity index (χ0v) is 11.0. The SMILES string of the molecule is CCCN(C)C(=O)c1ccc(I)c(O)c1. The van der Waals surface area contributed by atoms with Gasteiger partial charge in [0.1, 0.15) is 5.75 Å². The third-order valence-electron chi connectivity index (χ3n) is 2.10. The molecule has 15 heavy (non-hydrogen) atoms. The predicted molar refractivity (Wildman–Crippen MR) is 68.1 cm³/mol. The Morgan fingerprint density at radius 3 is 2.73 bits per heavy atom. The number of benzene rings is 1. The maximum absolute atomic E-state index is 11.8.